The van der Waals surface area contributed by atoms with Gasteiger partial charge in [0.05, 0.1) is 12.7 Å². The highest BCUT2D eigenvalue weighted by Crippen LogP contribution is 2.39. The number of nitrogen functional groups attached to an aromatic ring is 1. The van der Waals surface area contributed by atoms with Gasteiger partial charge in [-0.2, -0.15) is 13.2 Å². The summed E-state index contributed by atoms with van der Waals surface area (Å²) in [4.78, 5) is 28.2. The van der Waals surface area contributed by atoms with Gasteiger partial charge in [-0.25, -0.2) is 9.37 Å². The van der Waals surface area contributed by atoms with Crippen LogP contribution in [-0.2, 0) is 4.79 Å². The minimum absolute atomic E-state index is 0.00427. The van der Waals surface area contributed by atoms with Crippen LogP contribution in [0.3, 0.4) is 0 Å². The van der Waals surface area contributed by atoms with Gasteiger partial charge in [-0.15, -0.1) is 14.8 Å². The number of carbonyl (C=O) groups excluding carboxylic acids is 2. The smallest absolute Gasteiger partial charge is 0.408 e. The lowest BCUT2D eigenvalue weighted by Crippen LogP contribution is -2.43. The molecule has 39 heavy (non-hydrogen) atoms. The second kappa shape index (κ2) is 10.4. The molecule has 1 unspecified atom stereocenters. The van der Waals surface area contributed by atoms with Gasteiger partial charge in [0.25, 0.3) is 11.8 Å². The molecular weight excluding hydrogens is 522 g/mol. The van der Waals surface area contributed by atoms with E-state index in [-0.39, 0.29) is 17.1 Å². The number of benzene rings is 2. The van der Waals surface area contributed by atoms with Gasteiger partial charge >= 0.3 is 6.18 Å². The first-order valence-corrected chi connectivity index (χ1v) is 11.2. The van der Waals surface area contributed by atoms with Crippen molar-refractivity contribution in [3.63, 3.8) is 0 Å². The molecule has 0 aliphatic heterocycles. The van der Waals surface area contributed by atoms with Gasteiger partial charge in [-0.1, -0.05) is 24.8 Å². The number of rotatable bonds is 7. The highest BCUT2D eigenvalue weighted by Gasteiger charge is 2.37. The maximum absolute atomic E-state index is 13.0. The molecule has 2 aromatic heterocycles. The van der Waals surface area contributed by atoms with Crippen molar-refractivity contribution in [3.8, 4) is 28.1 Å². The monoisotopic (exact) mass is 543 g/mol. The predicted molar refractivity (Wildman–Crippen MR) is 134 cm³/mol. The molecule has 4 rings (SSSR count). The van der Waals surface area contributed by atoms with E-state index in [1.165, 1.54) is 48.4 Å². The van der Waals surface area contributed by atoms with Gasteiger partial charge in [-0.3, -0.25) is 9.59 Å². The summed E-state index contributed by atoms with van der Waals surface area (Å²) in [6.45, 7) is 3.78. The molecule has 4 N–H and O–H groups in total. The van der Waals surface area contributed by atoms with Crippen molar-refractivity contribution in [1.82, 2.24) is 25.1 Å². The lowest BCUT2D eigenvalue weighted by molar-refractivity contribution is -0.149. The number of alkyl halides is 3. The van der Waals surface area contributed by atoms with Crippen LogP contribution in [0.15, 0.2) is 61.2 Å². The zero-order valence-electron chi connectivity index (χ0n) is 20.5. The van der Waals surface area contributed by atoms with E-state index in [0.29, 0.717) is 33.6 Å². The number of nitrogens with two attached hydrogens (primary N) is 1. The number of ether oxygens (including phenoxy) is 1. The number of aromatic nitrogens is 4. The summed E-state index contributed by atoms with van der Waals surface area (Å²) in [5.41, 5.74) is 8.45. The average molecular weight is 543 g/mol. The largest absolute Gasteiger partial charge is 0.496 e. The Hall–Kier alpha value is -5.01. The molecule has 0 saturated carbocycles. The van der Waals surface area contributed by atoms with Gasteiger partial charge < -0.3 is 21.1 Å². The van der Waals surface area contributed by atoms with Crippen LogP contribution in [0.5, 0.6) is 5.75 Å². The Labute approximate surface area is 218 Å². The van der Waals surface area contributed by atoms with E-state index in [1.54, 1.807) is 12.1 Å². The second-order valence-electron chi connectivity index (χ2n) is 8.30. The zero-order valence-corrected chi connectivity index (χ0v) is 20.5. The quantitative estimate of drug-likeness (QED) is 0.235. The molecule has 0 bridgehead atoms. The number of fused-ring (bicyclic) bond motifs is 1. The highest BCUT2D eigenvalue weighted by molar-refractivity contribution is 6.02. The molecule has 2 aromatic carbocycles. The number of nitrogens with zero attached hydrogens (tertiary/aromatic N) is 4. The highest BCUT2D eigenvalue weighted by atomic mass is 19.4. The van der Waals surface area contributed by atoms with E-state index in [1.807, 2.05) is 5.32 Å². The Bertz CT molecular complexity index is 1580. The molecule has 2 amide bonds. The number of hydrogen-bond donors (Lipinski definition) is 3. The lowest BCUT2D eigenvalue weighted by atomic mass is 9.98. The van der Waals surface area contributed by atoms with Crippen LogP contribution in [0.4, 0.5) is 29.1 Å². The van der Waals surface area contributed by atoms with Gasteiger partial charge in [0, 0.05) is 16.8 Å². The third-order valence-corrected chi connectivity index (χ3v) is 5.70. The number of anilines is 2. The molecule has 0 radical (unpaired) electrons. The van der Waals surface area contributed by atoms with Crippen molar-refractivity contribution in [2.24, 2.45) is 0 Å². The van der Waals surface area contributed by atoms with E-state index in [9.17, 15) is 27.2 Å². The van der Waals surface area contributed by atoms with Crippen molar-refractivity contribution >= 4 is 28.8 Å². The Morgan fingerprint density at radius 1 is 1.13 bits per heavy atom. The van der Waals surface area contributed by atoms with Crippen molar-refractivity contribution in [2.45, 2.75) is 19.1 Å². The normalized spacial score (nSPS) is 12.2. The fourth-order valence-electron chi connectivity index (χ4n) is 3.70. The van der Waals surface area contributed by atoms with Crippen molar-refractivity contribution < 1.29 is 31.9 Å². The molecule has 2 heterocycles. The van der Waals surface area contributed by atoms with Crippen LogP contribution in [-0.4, -0.2) is 51.0 Å². The predicted octanol–water partition coefficient (Wildman–Crippen LogP) is 4.15. The minimum Gasteiger partial charge on any atom is -0.496 e. The van der Waals surface area contributed by atoms with Crippen LogP contribution < -0.4 is 21.1 Å². The third kappa shape index (κ3) is 5.49. The zero-order chi connectivity index (χ0) is 28.5. The molecule has 0 fully saturated rings. The number of carbonyl (C=O) groups is 2. The summed E-state index contributed by atoms with van der Waals surface area (Å²) in [5, 5.41) is 12.9. The van der Waals surface area contributed by atoms with E-state index < -0.39 is 29.9 Å². The molecule has 0 aliphatic rings. The van der Waals surface area contributed by atoms with Crippen LogP contribution in [0.25, 0.3) is 27.9 Å². The number of amides is 2. The number of methoxy groups -OCH3 is 1. The Balaban J connectivity index is 1.80. The molecular formula is C25H21F4N7O3. The van der Waals surface area contributed by atoms with E-state index >= 15 is 0 Å². The standard InChI is InChI=1S/C25H21F4N7O3/c1-12(26)23(37)34-16-7-4-14(5-8-16)20-19(21-22(30)31-11-32-36(21)35-20)15-6-9-17(18(10-15)39-3)24(38)33-13(2)25(27,28)29/h4-11,13H,1H2,2-3H3,(H,33,38)(H,34,37)(H2,30,31,32). The van der Waals surface area contributed by atoms with E-state index in [0.717, 1.165) is 6.92 Å². The molecule has 0 aliphatic carbocycles. The number of hydrogen-bond acceptors (Lipinski definition) is 7. The molecule has 14 heteroatoms. The topological polar surface area (TPSA) is 137 Å². The van der Waals surface area contributed by atoms with E-state index in [4.69, 9.17) is 10.5 Å². The van der Waals surface area contributed by atoms with Crippen molar-refractivity contribution in [3.05, 3.63) is 66.8 Å². The van der Waals surface area contributed by atoms with Gasteiger partial charge in [0.15, 0.2) is 11.6 Å². The molecule has 202 valence electrons. The summed E-state index contributed by atoms with van der Waals surface area (Å²) in [6, 6.07) is 8.48. The number of nitrogens with one attached hydrogen (secondary N) is 2. The first kappa shape index (κ1) is 27.0. The molecule has 0 saturated heterocycles. The average Bonchev–Trinajstić information content (AvgIpc) is 3.29. The third-order valence-electron chi connectivity index (χ3n) is 5.70. The fraction of sp³-hybridized carbons (Fsp3) is 0.160. The van der Waals surface area contributed by atoms with Gasteiger partial charge in [-0.05, 0) is 36.8 Å². The Kier molecular flexibility index (Phi) is 7.21. The first-order valence-electron chi connectivity index (χ1n) is 11.2. The van der Waals surface area contributed by atoms with Crippen LogP contribution in [0.1, 0.15) is 17.3 Å². The molecule has 1 atom stereocenters. The summed E-state index contributed by atoms with van der Waals surface area (Å²) in [7, 11) is 1.27. The summed E-state index contributed by atoms with van der Waals surface area (Å²) in [5.74, 6) is -3.01. The maximum Gasteiger partial charge on any atom is 0.408 e. The van der Waals surface area contributed by atoms with Crippen LogP contribution >= 0.6 is 0 Å². The fourth-order valence-corrected chi connectivity index (χ4v) is 3.70. The SMILES string of the molecule is C=C(F)C(=O)Nc1ccc(-c2nn3ncnc(N)c3c2-c2ccc(C(=O)NC(C)C(F)(F)F)c(OC)c2)cc1. The van der Waals surface area contributed by atoms with Crippen LogP contribution in [0, 0.1) is 0 Å². The Morgan fingerprint density at radius 3 is 2.41 bits per heavy atom. The van der Waals surface area contributed by atoms with Crippen molar-refractivity contribution in [1.29, 1.82) is 0 Å². The lowest BCUT2D eigenvalue weighted by Gasteiger charge is -2.18. The summed E-state index contributed by atoms with van der Waals surface area (Å²) >= 11 is 0. The first-order chi connectivity index (χ1) is 18.4. The van der Waals surface area contributed by atoms with Crippen LogP contribution in [0.2, 0.25) is 0 Å². The molecule has 4 aromatic rings. The minimum atomic E-state index is -4.62. The van der Waals surface area contributed by atoms with Gasteiger partial charge in [0.2, 0.25) is 0 Å². The summed E-state index contributed by atoms with van der Waals surface area (Å²) in [6.07, 6.45) is -3.41. The van der Waals surface area contributed by atoms with Gasteiger partial charge in [0.1, 0.15) is 29.3 Å². The maximum atomic E-state index is 13.0. The summed E-state index contributed by atoms with van der Waals surface area (Å²) < 4.78 is 58.5. The second-order valence-corrected chi connectivity index (χ2v) is 8.30. The number of halogens is 4. The van der Waals surface area contributed by atoms with E-state index in [2.05, 4.69) is 27.1 Å². The van der Waals surface area contributed by atoms with Crippen molar-refractivity contribution in [2.75, 3.05) is 18.2 Å². The Morgan fingerprint density at radius 2 is 1.79 bits per heavy atom. The molecule has 0 spiro atoms. The molecule has 10 nitrogen and oxygen atoms in total.